The number of para-hydroxylation sites is 1. The minimum absolute atomic E-state index is 0.372. The van der Waals surface area contributed by atoms with Gasteiger partial charge in [0.25, 0.3) is 5.91 Å². The molecule has 0 aliphatic heterocycles. The lowest BCUT2D eigenvalue weighted by atomic mass is 10.2. The number of amides is 1. The number of anilines is 1. The van der Waals surface area contributed by atoms with Crippen LogP contribution in [0.5, 0.6) is 0 Å². The molecule has 0 aliphatic rings. The van der Waals surface area contributed by atoms with E-state index in [-0.39, 0.29) is 0 Å². The van der Waals surface area contributed by atoms with E-state index in [0.717, 1.165) is 10.6 Å². The van der Waals surface area contributed by atoms with Crippen LogP contribution in [-0.4, -0.2) is 32.8 Å². The van der Waals surface area contributed by atoms with Crippen LogP contribution in [0.4, 0.5) is 5.69 Å². The Kier molecular flexibility index (Phi) is 7.04. The fourth-order valence-electron chi connectivity index (χ4n) is 2.89. The predicted molar refractivity (Wildman–Crippen MR) is 123 cm³/mol. The third kappa shape index (κ3) is 5.66. The molecule has 1 N–H and O–H groups in total. The maximum Gasteiger partial charge on any atom is 0.263 e. The lowest BCUT2D eigenvalue weighted by Gasteiger charge is -2.27. The molecular weight excluding hydrogens is 461 g/mol. The van der Waals surface area contributed by atoms with E-state index in [0.29, 0.717) is 32.8 Å². The normalized spacial score (nSPS) is 12.6. The first-order chi connectivity index (χ1) is 14.7. The predicted octanol–water partition coefficient (Wildman–Crippen LogP) is 4.56. The monoisotopic (exact) mass is 479 g/mol. The Bertz CT molecular complexity index is 1210. The summed E-state index contributed by atoms with van der Waals surface area (Å²) >= 11 is 12.1. The van der Waals surface area contributed by atoms with E-state index < -0.39 is 22.0 Å². The average Bonchev–Trinajstić information content (AvgIpc) is 3.16. The summed E-state index contributed by atoms with van der Waals surface area (Å²) in [6.45, 7) is 1.48. The SMILES string of the molecule is C[C@H](C(=O)N/N=C\c1ccc(-c2ccc(Cl)cc2Cl)o1)N(c1ccccc1)S(C)(=O)=O. The Hall–Kier alpha value is -2.81. The van der Waals surface area contributed by atoms with Crippen molar-refractivity contribution in [3.05, 3.63) is 76.5 Å². The Labute approximate surface area is 190 Å². The molecule has 7 nitrogen and oxygen atoms in total. The number of carbonyl (C=O) groups is 1. The summed E-state index contributed by atoms with van der Waals surface area (Å²) in [5, 5.41) is 4.82. The molecule has 1 heterocycles. The summed E-state index contributed by atoms with van der Waals surface area (Å²) in [5.74, 6) is 0.283. The molecule has 2 aromatic carbocycles. The van der Waals surface area contributed by atoms with Gasteiger partial charge in [-0.2, -0.15) is 5.10 Å². The van der Waals surface area contributed by atoms with Gasteiger partial charge >= 0.3 is 0 Å². The fourth-order valence-corrected chi connectivity index (χ4v) is 4.57. The van der Waals surface area contributed by atoms with E-state index in [4.69, 9.17) is 27.6 Å². The third-order valence-corrected chi connectivity index (χ3v) is 6.08. The van der Waals surface area contributed by atoms with Gasteiger partial charge in [0.05, 0.1) is 23.2 Å². The first-order valence-electron chi connectivity index (χ1n) is 9.09. The van der Waals surface area contributed by atoms with Crippen molar-refractivity contribution in [1.82, 2.24) is 5.43 Å². The van der Waals surface area contributed by atoms with Crippen molar-refractivity contribution in [2.45, 2.75) is 13.0 Å². The summed E-state index contributed by atoms with van der Waals surface area (Å²) in [5.41, 5.74) is 3.39. The summed E-state index contributed by atoms with van der Waals surface area (Å²) in [7, 11) is -3.69. The largest absolute Gasteiger partial charge is 0.455 e. The molecule has 0 saturated heterocycles. The van der Waals surface area contributed by atoms with Gasteiger partial charge in [0.15, 0.2) is 0 Å². The highest BCUT2D eigenvalue weighted by atomic mass is 35.5. The quantitative estimate of drug-likeness (QED) is 0.397. The van der Waals surface area contributed by atoms with Gasteiger partial charge in [-0.1, -0.05) is 41.4 Å². The molecule has 10 heteroatoms. The summed E-state index contributed by atoms with van der Waals surface area (Å²) in [6.07, 6.45) is 2.35. The molecule has 0 spiro atoms. The van der Waals surface area contributed by atoms with E-state index in [1.54, 1.807) is 60.7 Å². The molecule has 3 rings (SSSR count). The molecule has 0 aliphatic carbocycles. The van der Waals surface area contributed by atoms with Gasteiger partial charge < -0.3 is 4.42 Å². The number of sulfonamides is 1. The van der Waals surface area contributed by atoms with Crippen LogP contribution in [0.3, 0.4) is 0 Å². The van der Waals surface area contributed by atoms with Crippen LogP contribution in [0.25, 0.3) is 11.3 Å². The first-order valence-corrected chi connectivity index (χ1v) is 11.7. The number of rotatable bonds is 7. The Morgan fingerprint density at radius 3 is 2.48 bits per heavy atom. The third-order valence-electron chi connectivity index (χ3n) is 4.29. The topological polar surface area (TPSA) is 92.0 Å². The number of benzene rings is 2. The van der Waals surface area contributed by atoms with Crippen molar-refractivity contribution in [2.75, 3.05) is 10.6 Å². The van der Waals surface area contributed by atoms with Crippen molar-refractivity contribution in [3.63, 3.8) is 0 Å². The fraction of sp³-hybridized carbons (Fsp3) is 0.143. The smallest absolute Gasteiger partial charge is 0.263 e. The van der Waals surface area contributed by atoms with Crippen LogP contribution in [0.2, 0.25) is 10.0 Å². The van der Waals surface area contributed by atoms with E-state index in [1.165, 1.54) is 13.1 Å². The number of furan rings is 1. The number of halogens is 2. The Morgan fingerprint density at radius 2 is 1.84 bits per heavy atom. The highest BCUT2D eigenvalue weighted by molar-refractivity contribution is 7.92. The van der Waals surface area contributed by atoms with Crippen LogP contribution in [0.15, 0.2) is 70.2 Å². The van der Waals surface area contributed by atoms with Crippen molar-refractivity contribution >= 4 is 51.0 Å². The van der Waals surface area contributed by atoms with E-state index in [9.17, 15) is 13.2 Å². The summed E-state index contributed by atoms with van der Waals surface area (Å²) in [6, 6.07) is 15.8. The first kappa shape index (κ1) is 22.9. The second kappa shape index (κ2) is 9.55. The van der Waals surface area contributed by atoms with Crippen LogP contribution in [0, 0.1) is 0 Å². The molecule has 31 heavy (non-hydrogen) atoms. The number of nitrogens with zero attached hydrogens (tertiary/aromatic N) is 2. The maximum absolute atomic E-state index is 12.5. The van der Waals surface area contributed by atoms with Crippen molar-refractivity contribution < 1.29 is 17.6 Å². The number of hydrazone groups is 1. The maximum atomic E-state index is 12.5. The van der Waals surface area contributed by atoms with Gasteiger partial charge in [-0.3, -0.25) is 9.10 Å². The lowest BCUT2D eigenvalue weighted by molar-refractivity contribution is -0.121. The molecule has 3 aromatic rings. The van der Waals surface area contributed by atoms with E-state index >= 15 is 0 Å². The molecule has 0 fully saturated rings. The van der Waals surface area contributed by atoms with Gasteiger partial charge in [0.2, 0.25) is 10.0 Å². The number of carbonyl (C=O) groups excluding carboxylic acids is 1. The van der Waals surface area contributed by atoms with Gasteiger partial charge in [-0.25, -0.2) is 13.8 Å². The van der Waals surface area contributed by atoms with Crippen LogP contribution >= 0.6 is 23.2 Å². The van der Waals surface area contributed by atoms with Crippen LogP contribution in [-0.2, 0) is 14.8 Å². The number of hydrogen-bond acceptors (Lipinski definition) is 5. The molecule has 0 bridgehead atoms. The zero-order valence-electron chi connectivity index (χ0n) is 16.6. The minimum Gasteiger partial charge on any atom is -0.455 e. The molecule has 1 atom stereocenters. The summed E-state index contributed by atoms with van der Waals surface area (Å²) in [4.78, 5) is 12.5. The molecule has 0 unspecified atom stereocenters. The zero-order valence-corrected chi connectivity index (χ0v) is 18.9. The zero-order chi connectivity index (χ0) is 22.6. The second-order valence-electron chi connectivity index (χ2n) is 6.63. The highest BCUT2D eigenvalue weighted by Crippen LogP contribution is 2.31. The van der Waals surface area contributed by atoms with Gasteiger partial charge in [0, 0.05) is 10.6 Å². The van der Waals surface area contributed by atoms with Crippen LogP contribution < -0.4 is 9.73 Å². The average molecular weight is 480 g/mol. The van der Waals surface area contributed by atoms with Crippen LogP contribution in [0.1, 0.15) is 12.7 Å². The van der Waals surface area contributed by atoms with Gasteiger partial charge in [0.1, 0.15) is 17.6 Å². The van der Waals surface area contributed by atoms with Crippen molar-refractivity contribution in [1.29, 1.82) is 0 Å². The Balaban J connectivity index is 1.70. The molecule has 1 amide bonds. The second-order valence-corrected chi connectivity index (χ2v) is 9.33. The number of hydrogen-bond donors (Lipinski definition) is 1. The van der Waals surface area contributed by atoms with E-state index in [1.807, 2.05) is 0 Å². The minimum atomic E-state index is -3.69. The Morgan fingerprint density at radius 1 is 1.13 bits per heavy atom. The summed E-state index contributed by atoms with van der Waals surface area (Å²) < 4.78 is 31.2. The highest BCUT2D eigenvalue weighted by Gasteiger charge is 2.28. The molecule has 162 valence electrons. The van der Waals surface area contributed by atoms with Crippen molar-refractivity contribution in [3.8, 4) is 11.3 Å². The molecule has 1 aromatic heterocycles. The lowest BCUT2D eigenvalue weighted by Crippen LogP contribution is -2.46. The van der Waals surface area contributed by atoms with Crippen molar-refractivity contribution in [2.24, 2.45) is 5.10 Å². The van der Waals surface area contributed by atoms with Gasteiger partial charge in [-0.15, -0.1) is 0 Å². The number of nitrogens with one attached hydrogen (secondary N) is 1. The molecule has 0 saturated carbocycles. The van der Waals surface area contributed by atoms with E-state index in [2.05, 4.69) is 10.5 Å². The molecular formula is C21H19Cl2N3O4S. The molecule has 0 radical (unpaired) electrons. The van der Waals surface area contributed by atoms with Gasteiger partial charge in [-0.05, 0) is 49.4 Å². The standard InChI is InChI=1S/C21H19Cl2N3O4S/c1-14(26(31(2,28)29)16-6-4-3-5-7-16)21(27)25-24-13-17-9-11-20(30-17)18-10-8-15(22)12-19(18)23/h3-14H,1-2H3,(H,25,27)/b24-13-/t14-/m1/s1.